The number of anilines is 2. The fraction of sp³-hybridized carbons (Fsp3) is 0.130. The van der Waals surface area contributed by atoms with E-state index in [1.807, 2.05) is 0 Å². The van der Waals surface area contributed by atoms with Crippen molar-refractivity contribution in [1.82, 2.24) is 15.0 Å². The molecular weight excluding hydrogens is 453 g/mol. The number of alkyl halides is 3. The highest BCUT2D eigenvalue weighted by Crippen LogP contribution is 2.39. The topological polar surface area (TPSA) is 101 Å². The van der Waals surface area contributed by atoms with E-state index in [1.165, 1.54) is 24.5 Å². The van der Waals surface area contributed by atoms with Crippen molar-refractivity contribution in [3.8, 4) is 11.3 Å². The van der Waals surface area contributed by atoms with Crippen LogP contribution >= 0.6 is 11.6 Å². The summed E-state index contributed by atoms with van der Waals surface area (Å²) in [5.41, 5.74) is 6.63. The van der Waals surface area contributed by atoms with Gasteiger partial charge in [-0.25, -0.2) is 15.0 Å². The van der Waals surface area contributed by atoms with Crippen LogP contribution in [0.5, 0.6) is 0 Å². The van der Waals surface area contributed by atoms with Crippen LogP contribution in [0.2, 0.25) is 5.02 Å². The quantitative estimate of drug-likeness (QED) is 0.313. The normalized spacial score (nSPS) is 11.5. The fourth-order valence-corrected chi connectivity index (χ4v) is 3.81. The van der Waals surface area contributed by atoms with Crippen molar-refractivity contribution in [3.05, 3.63) is 76.6 Å². The van der Waals surface area contributed by atoms with Crippen molar-refractivity contribution in [2.24, 2.45) is 0 Å². The summed E-state index contributed by atoms with van der Waals surface area (Å²) in [5, 5.41) is 12.1. The SMILES string of the molecule is CC(=N)c1c(N)ncnc1NCc1cc2c(Cl)cccc2nc1-c1ccccc1C(F)(F)F. The van der Waals surface area contributed by atoms with Crippen LogP contribution in [0.15, 0.2) is 54.9 Å². The number of benzene rings is 2. The number of nitrogens with zero attached hydrogens (tertiary/aromatic N) is 3. The van der Waals surface area contributed by atoms with Gasteiger partial charge in [0.15, 0.2) is 0 Å². The summed E-state index contributed by atoms with van der Waals surface area (Å²) < 4.78 is 41.3. The predicted octanol–water partition coefficient (Wildman–Crippen LogP) is 5.95. The number of nitrogens with one attached hydrogen (secondary N) is 2. The van der Waals surface area contributed by atoms with E-state index in [0.717, 1.165) is 6.07 Å². The van der Waals surface area contributed by atoms with Gasteiger partial charge in [-0.2, -0.15) is 13.2 Å². The summed E-state index contributed by atoms with van der Waals surface area (Å²) in [6.07, 6.45) is -3.31. The average Bonchev–Trinajstić information content (AvgIpc) is 2.76. The second-order valence-electron chi connectivity index (χ2n) is 7.31. The maximum Gasteiger partial charge on any atom is 0.417 e. The molecule has 0 unspecified atom stereocenters. The Balaban J connectivity index is 1.88. The molecule has 10 heteroatoms. The third-order valence-corrected chi connectivity index (χ3v) is 5.40. The summed E-state index contributed by atoms with van der Waals surface area (Å²) in [6, 6.07) is 12.1. The first-order valence-electron chi connectivity index (χ1n) is 9.81. The molecule has 2 heterocycles. The van der Waals surface area contributed by atoms with E-state index in [9.17, 15) is 13.2 Å². The molecule has 0 radical (unpaired) electrons. The molecule has 0 bridgehead atoms. The Labute approximate surface area is 192 Å². The largest absolute Gasteiger partial charge is 0.417 e. The Morgan fingerprint density at radius 3 is 2.61 bits per heavy atom. The first kappa shape index (κ1) is 22.5. The van der Waals surface area contributed by atoms with E-state index < -0.39 is 11.7 Å². The molecular formula is C23H18ClF3N6. The Morgan fingerprint density at radius 1 is 1.12 bits per heavy atom. The molecule has 0 atom stereocenters. The number of pyridine rings is 1. The van der Waals surface area contributed by atoms with Crippen molar-refractivity contribution in [3.63, 3.8) is 0 Å². The minimum Gasteiger partial charge on any atom is -0.383 e. The number of hydrogen-bond acceptors (Lipinski definition) is 6. The number of hydrogen-bond donors (Lipinski definition) is 3. The van der Waals surface area contributed by atoms with Crippen LogP contribution in [0.4, 0.5) is 24.8 Å². The van der Waals surface area contributed by atoms with E-state index in [1.54, 1.807) is 31.2 Å². The van der Waals surface area contributed by atoms with Gasteiger partial charge in [-0.15, -0.1) is 0 Å². The van der Waals surface area contributed by atoms with Crippen LogP contribution in [-0.4, -0.2) is 20.7 Å². The second kappa shape index (κ2) is 8.67. The number of fused-ring (bicyclic) bond motifs is 1. The lowest BCUT2D eigenvalue weighted by Crippen LogP contribution is -2.13. The molecule has 4 rings (SSSR count). The molecule has 33 heavy (non-hydrogen) atoms. The Morgan fingerprint density at radius 2 is 1.88 bits per heavy atom. The first-order chi connectivity index (χ1) is 15.7. The van der Waals surface area contributed by atoms with Gasteiger partial charge < -0.3 is 16.5 Å². The molecule has 0 saturated heterocycles. The minimum absolute atomic E-state index is 0.0469. The van der Waals surface area contributed by atoms with E-state index in [-0.39, 0.29) is 29.3 Å². The zero-order chi connectivity index (χ0) is 23.8. The third kappa shape index (κ3) is 4.45. The van der Waals surface area contributed by atoms with Gasteiger partial charge in [-0.1, -0.05) is 35.9 Å². The fourth-order valence-electron chi connectivity index (χ4n) is 3.59. The molecule has 0 fully saturated rings. The maximum atomic E-state index is 13.8. The average molecular weight is 471 g/mol. The summed E-state index contributed by atoms with van der Waals surface area (Å²) in [7, 11) is 0. The molecule has 0 aliphatic rings. The van der Waals surface area contributed by atoms with Gasteiger partial charge in [0.2, 0.25) is 0 Å². The first-order valence-corrected chi connectivity index (χ1v) is 10.2. The van der Waals surface area contributed by atoms with Gasteiger partial charge >= 0.3 is 6.18 Å². The molecule has 4 aromatic rings. The summed E-state index contributed by atoms with van der Waals surface area (Å²) >= 11 is 6.33. The van der Waals surface area contributed by atoms with Crippen LogP contribution in [0.3, 0.4) is 0 Å². The maximum absolute atomic E-state index is 13.8. The summed E-state index contributed by atoms with van der Waals surface area (Å²) in [6.45, 7) is 1.61. The standard InChI is InChI=1S/C23H18ClF3N6/c1-12(28)19-21(29)31-11-32-22(19)30-10-13-9-15-17(24)7-4-8-18(15)33-20(13)14-5-2-3-6-16(14)23(25,26)27/h2-9,11,28H,10H2,1H3,(H3,29,30,31,32). The molecule has 6 nitrogen and oxygen atoms in total. The van der Waals surface area contributed by atoms with Crippen molar-refractivity contribution in [1.29, 1.82) is 5.41 Å². The van der Waals surface area contributed by atoms with Crippen LogP contribution < -0.4 is 11.1 Å². The Hall–Kier alpha value is -3.72. The van der Waals surface area contributed by atoms with Gasteiger partial charge in [0.05, 0.1) is 22.3 Å². The smallest absolute Gasteiger partial charge is 0.383 e. The zero-order valence-electron chi connectivity index (χ0n) is 17.3. The highest BCUT2D eigenvalue weighted by atomic mass is 35.5. The molecule has 0 aliphatic heterocycles. The lowest BCUT2D eigenvalue weighted by atomic mass is 9.98. The number of halogens is 4. The monoisotopic (exact) mass is 470 g/mol. The van der Waals surface area contributed by atoms with Crippen molar-refractivity contribution < 1.29 is 13.2 Å². The zero-order valence-corrected chi connectivity index (χ0v) is 18.1. The molecule has 0 aliphatic carbocycles. The van der Waals surface area contributed by atoms with Crippen molar-refractivity contribution in [2.75, 3.05) is 11.1 Å². The second-order valence-corrected chi connectivity index (χ2v) is 7.71. The Bertz CT molecular complexity index is 1370. The van der Waals surface area contributed by atoms with Crippen LogP contribution in [0, 0.1) is 5.41 Å². The van der Waals surface area contributed by atoms with Gasteiger partial charge in [-0.3, -0.25) is 0 Å². The van der Waals surface area contributed by atoms with Crippen LogP contribution in [0.25, 0.3) is 22.2 Å². The molecule has 4 N–H and O–H groups in total. The molecule has 168 valence electrons. The molecule has 0 saturated carbocycles. The lowest BCUT2D eigenvalue weighted by Gasteiger charge is -2.18. The lowest BCUT2D eigenvalue weighted by molar-refractivity contribution is -0.137. The van der Waals surface area contributed by atoms with E-state index in [0.29, 0.717) is 32.9 Å². The molecule has 0 amide bonds. The number of nitrogens with two attached hydrogens (primary N) is 1. The molecule has 0 spiro atoms. The van der Waals surface area contributed by atoms with Crippen molar-refractivity contribution in [2.45, 2.75) is 19.6 Å². The molecule has 2 aromatic carbocycles. The number of aromatic nitrogens is 3. The Kier molecular flexibility index (Phi) is 5.90. The van der Waals surface area contributed by atoms with E-state index in [2.05, 4.69) is 20.3 Å². The summed E-state index contributed by atoms with van der Waals surface area (Å²) in [5.74, 6) is 0.423. The summed E-state index contributed by atoms with van der Waals surface area (Å²) in [4.78, 5) is 12.6. The van der Waals surface area contributed by atoms with E-state index in [4.69, 9.17) is 22.7 Å². The number of nitrogen functional groups attached to an aromatic ring is 1. The highest BCUT2D eigenvalue weighted by Gasteiger charge is 2.34. The van der Waals surface area contributed by atoms with E-state index >= 15 is 0 Å². The molecule has 2 aromatic heterocycles. The van der Waals surface area contributed by atoms with Gasteiger partial charge in [-0.05, 0) is 36.8 Å². The third-order valence-electron chi connectivity index (χ3n) is 5.07. The van der Waals surface area contributed by atoms with Crippen LogP contribution in [-0.2, 0) is 12.7 Å². The minimum atomic E-state index is -4.56. The number of rotatable bonds is 5. The van der Waals surface area contributed by atoms with Crippen molar-refractivity contribution >= 4 is 39.9 Å². The van der Waals surface area contributed by atoms with Crippen LogP contribution in [0.1, 0.15) is 23.6 Å². The highest BCUT2D eigenvalue weighted by molar-refractivity contribution is 6.35. The van der Waals surface area contributed by atoms with Gasteiger partial charge in [0, 0.05) is 28.2 Å². The van der Waals surface area contributed by atoms with Gasteiger partial charge in [0.1, 0.15) is 18.0 Å². The van der Waals surface area contributed by atoms with Gasteiger partial charge in [0.25, 0.3) is 0 Å². The predicted molar refractivity (Wildman–Crippen MR) is 123 cm³/mol.